The van der Waals surface area contributed by atoms with E-state index in [1.165, 1.54) is 25.7 Å². The van der Waals surface area contributed by atoms with E-state index in [-0.39, 0.29) is 0 Å². The maximum Gasteiger partial charge on any atom is 0.0421 e. The standard InChI is InChI=1S/C7H15N3/c1-10-7-5-3-2-4-6(7)8-9-10/h6-9H,2-5H2,1H3. The number of rotatable bonds is 0. The number of hydrogen-bond donors (Lipinski definition) is 2. The summed E-state index contributed by atoms with van der Waals surface area (Å²) in [6.45, 7) is 0. The summed E-state index contributed by atoms with van der Waals surface area (Å²) in [7, 11) is 2.11. The Labute approximate surface area is 61.7 Å². The smallest absolute Gasteiger partial charge is 0.0421 e. The van der Waals surface area contributed by atoms with Gasteiger partial charge >= 0.3 is 0 Å². The molecule has 1 saturated heterocycles. The van der Waals surface area contributed by atoms with E-state index in [2.05, 4.69) is 23.0 Å². The van der Waals surface area contributed by atoms with Crippen molar-refractivity contribution >= 4 is 0 Å². The first-order valence-corrected chi connectivity index (χ1v) is 4.12. The van der Waals surface area contributed by atoms with E-state index >= 15 is 0 Å². The van der Waals surface area contributed by atoms with Gasteiger partial charge in [-0.2, -0.15) is 5.53 Å². The molecule has 10 heavy (non-hydrogen) atoms. The molecule has 1 aliphatic carbocycles. The van der Waals surface area contributed by atoms with Crippen molar-refractivity contribution in [2.45, 2.75) is 37.8 Å². The average Bonchev–Trinajstić information content (AvgIpc) is 2.34. The molecule has 2 fully saturated rings. The van der Waals surface area contributed by atoms with Gasteiger partial charge < -0.3 is 0 Å². The number of likely N-dealkylation sites (N-methyl/N-ethyl adjacent to an activating group) is 1. The highest BCUT2D eigenvalue weighted by atomic mass is 15.7. The minimum absolute atomic E-state index is 0.707. The van der Waals surface area contributed by atoms with E-state index < -0.39 is 0 Å². The highest BCUT2D eigenvalue weighted by Crippen LogP contribution is 2.23. The van der Waals surface area contributed by atoms with Gasteiger partial charge in [-0.05, 0) is 12.8 Å². The fourth-order valence-corrected chi connectivity index (χ4v) is 2.01. The van der Waals surface area contributed by atoms with Crippen LogP contribution in [0.2, 0.25) is 0 Å². The van der Waals surface area contributed by atoms with Crippen molar-refractivity contribution in [2.75, 3.05) is 7.05 Å². The van der Waals surface area contributed by atoms with Crippen LogP contribution in [0.3, 0.4) is 0 Å². The Bertz CT molecular complexity index is 124. The Balaban J connectivity index is 2.01. The summed E-state index contributed by atoms with van der Waals surface area (Å²) in [6.07, 6.45) is 5.47. The van der Waals surface area contributed by atoms with E-state index in [1.54, 1.807) is 0 Å². The SMILES string of the molecule is CN1NNC2CCCCC21. The zero-order valence-corrected chi connectivity index (χ0v) is 6.43. The molecule has 0 aromatic heterocycles. The van der Waals surface area contributed by atoms with Gasteiger partial charge in [0.25, 0.3) is 0 Å². The van der Waals surface area contributed by atoms with Crippen LogP contribution in [-0.4, -0.2) is 24.1 Å². The van der Waals surface area contributed by atoms with Gasteiger partial charge in [0, 0.05) is 19.1 Å². The van der Waals surface area contributed by atoms with Gasteiger partial charge in [-0.1, -0.05) is 12.8 Å². The van der Waals surface area contributed by atoms with Crippen molar-refractivity contribution < 1.29 is 0 Å². The predicted octanol–water partition coefficient (Wildman–Crippen LogP) is 0.252. The van der Waals surface area contributed by atoms with Crippen molar-refractivity contribution in [1.82, 2.24) is 16.0 Å². The van der Waals surface area contributed by atoms with Crippen LogP contribution >= 0.6 is 0 Å². The fraction of sp³-hybridized carbons (Fsp3) is 1.00. The molecule has 1 saturated carbocycles. The highest BCUT2D eigenvalue weighted by molar-refractivity contribution is 4.88. The molecule has 2 atom stereocenters. The molecule has 0 amide bonds. The Morgan fingerprint density at radius 1 is 1.30 bits per heavy atom. The van der Waals surface area contributed by atoms with E-state index in [0.29, 0.717) is 6.04 Å². The van der Waals surface area contributed by atoms with Gasteiger partial charge in [0.15, 0.2) is 0 Å². The summed E-state index contributed by atoms with van der Waals surface area (Å²) in [5.74, 6) is 0. The van der Waals surface area contributed by atoms with Gasteiger partial charge in [-0.15, -0.1) is 0 Å². The summed E-state index contributed by atoms with van der Waals surface area (Å²) in [5, 5.41) is 2.20. The third-order valence-corrected chi connectivity index (χ3v) is 2.65. The number of fused-ring (bicyclic) bond motifs is 1. The highest BCUT2D eigenvalue weighted by Gasteiger charge is 2.32. The molecule has 2 aliphatic rings. The lowest BCUT2D eigenvalue weighted by molar-refractivity contribution is 0.198. The minimum Gasteiger partial charge on any atom is -0.239 e. The predicted molar refractivity (Wildman–Crippen MR) is 40.1 cm³/mol. The lowest BCUT2D eigenvalue weighted by atomic mass is 9.91. The maximum absolute atomic E-state index is 3.28. The molecular formula is C7H15N3. The van der Waals surface area contributed by atoms with Crippen LogP contribution in [0.1, 0.15) is 25.7 Å². The minimum atomic E-state index is 0.707. The monoisotopic (exact) mass is 141 g/mol. The van der Waals surface area contributed by atoms with Gasteiger partial charge in [0.2, 0.25) is 0 Å². The lowest BCUT2D eigenvalue weighted by Gasteiger charge is -2.26. The summed E-state index contributed by atoms with van der Waals surface area (Å²) < 4.78 is 0. The summed E-state index contributed by atoms with van der Waals surface area (Å²) >= 11 is 0. The third kappa shape index (κ3) is 0.944. The van der Waals surface area contributed by atoms with Crippen LogP contribution in [0.25, 0.3) is 0 Å². The van der Waals surface area contributed by atoms with Crippen LogP contribution in [0.15, 0.2) is 0 Å². The van der Waals surface area contributed by atoms with Crippen molar-refractivity contribution in [3.63, 3.8) is 0 Å². The zero-order valence-electron chi connectivity index (χ0n) is 6.43. The normalized spacial score (nSPS) is 41.7. The fourth-order valence-electron chi connectivity index (χ4n) is 2.01. The van der Waals surface area contributed by atoms with E-state index in [1.807, 2.05) is 0 Å². The van der Waals surface area contributed by atoms with E-state index in [0.717, 1.165) is 6.04 Å². The summed E-state index contributed by atoms with van der Waals surface area (Å²) in [4.78, 5) is 0. The van der Waals surface area contributed by atoms with Crippen LogP contribution in [0, 0.1) is 0 Å². The van der Waals surface area contributed by atoms with Gasteiger partial charge in [-0.3, -0.25) is 0 Å². The number of nitrogens with zero attached hydrogens (tertiary/aromatic N) is 1. The zero-order chi connectivity index (χ0) is 6.97. The summed E-state index contributed by atoms with van der Waals surface area (Å²) in [5.41, 5.74) is 6.43. The second-order valence-electron chi connectivity index (χ2n) is 3.33. The van der Waals surface area contributed by atoms with E-state index in [9.17, 15) is 0 Å². The molecule has 2 N–H and O–H groups in total. The first kappa shape index (κ1) is 6.58. The molecular weight excluding hydrogens is 126 g/mol. The number of hydrogen-bond acceptors (Lipinski definition) is 3. The molecule has 0 aromatic rings. The quantitative estimate of drug-likeness (QED) is 0.506. The van der Waals surface area contributed by atoms with Gasteiger partial charge in [-0.25, -0.2) is 10.4 Å². The topological polar surface area (TPSA) is 27.3 Å². The van der Waals surface area contributed by atoms with Crippen molar-refractivity contribution in [2.24, 2.45) is 0 Å². The van der Waals surface area contributed by atoms with Gasteiger partial charge in [0.05, 0.1) is 0 Å². The number of nitrogens with one attached hydrogen (secondary N) is 2. The van der Waals surface area contributed by atoms with E-state index in [4.69, 9.17) is 0 Å². The van der Waals surface area contributed by atoms with Crippen LogP contribution in [0.5, 0.6) is 0 Å². The molecule has 0 radical (unpaired) electrons. The van der Waals surface area contributed by atoms with Crippen molar-refractivity contribution in [1.29, 1.82) is 0 Å². The Morgan fingerprint density at radius 3 is 2.90 bits per heavy atom. The molecule has 0 spiro atoms. The molecule has 1 heterocycles. The second-order valence-corrected chi connectivity index (χ2v) is 3.33. The third-order valence-electron chi connectivity index (χ3n) is 2.65. The number of hydrazine groups is 2. The molecule has 58 valence electrons. The molecule has 0 aromatic carbocycles. The average molecular weight is 141 g/mol. The summed E-state index contributed by atoms with van der Waals surface area (Å²) in [6, 6.07) is 1.45. The Hall–Kier alpha value is -0.120. The van der Waals surface area contributed by atoms with Crippen molar-refractivity contribution in [3.8, 4) is 0 Å². The second kappa shape index (κ2) is 2.49. The molecule has 0 bridgehead atoms. The maximum atomic E-state index is 3.28. The first-order valence-electron chi connectivity index (χ1n) is 4.12. The molecule has 1 aliphatic heterocycles. The molecule has 3 nitrogen and oxygen atoms in total. The molecule has 2 unspecified atom stereocenters. The molecule has 2 rings (SSSR count). The van der Waals surface area contributed by atoms with Crippen LogP contribution in [0.4, 0.5) is 0 Å². The Kier molecular flexibility index (Phi) is 1.64. The van der Waals surface area contributed by atoms with Crippen molar-refractivity contribution in [3.05, 3.63) is 0 Å². The van der Waals surface area contributed by atoms with Gasteiger partial charge in [0.1, 0.15) is 0 Å². The Morgan fingerprint density at radius 2 is 2.10 bits per heavy atom. The van der Waals surface area contributed by atoms with Crippen LogP contribution in [-0.2, 0) is 0 Å². The first-order chi connectivity index (χ1) is 4.88. The van der Waals surface area contributed by atoms with Crippen LogP contribution < -0.4 is 11.0 Å². The largest absolute Gasteiger partial charge is 0.239 e. The molecule has 3 heteroatoms. The lowest BCUT2D eigenvalue weighted by Crippen LogP contribution is -2.37.